The number of rotatable bonds is 3. The summed E-state index contributed by atoms with van der Waals surface area (Å²) in [7, 11) is 0. The Kier molecular flexibility index (Phi) is 2.98. The Labute approximate surface area is 108 Å². The summed E-state index contributed by atoms with van der Waals surface area (Å²) in [6.07, 6.45) is 2.55. The highest BCUT2D eigenvalue weighted by molar-refractivity contribution is 5.76. The van der Waals surface area contributed by atoms with Crippen molar-refractivity contribution in [1.82, 2.24) is 10.2 Å². The molecular weight excluding hydrogens is 224 g/mol. The van der Waals surface area contributed by atoms with Gasteiger partial charge in [-0.1, -0.05) is 37.3 Å². The number of urea groups is 1. The minimum absolute atomic E-state index is 0.105. The van der Waals surface area contributed by atoms with Crippen LogP contribution in [0.5, 0.6) is 0 Å². The van der Waals surface area contributed by atoms with Crippen molar-refractivity contribution in [3.05, 3.63) is 35.9 Å². The lowest BCUT2D eigenvalue weighted by atomic mass is 9.85. The molecule has 1 saturated heterocycles. The maximum absolute atomic E-state index is 12.1. The molecule has 3 rings (SSSR count). The molecule has 3 heteroatoms. The zero-order valence-electron chi connectivity index (χ0n) is 10.8. The monoisotopic (exact) mass is 244 g/mol. The first-order valence-electron chi connectivity index (χ1n) is 6.85. The van der Waals surface area contributed by atoms with Crippen molar-refractivity contribution in [1.29, 1.82) is 0 Å². The first-order valence-corrected chi connectivity index (χ1v) is 6.85. The van der Waals surface area contributed by atoms with Crippen LogP contribution in [0, 0.1) is 11.8 Å². The van der Waals surface area contributed by atoms with Crippen LogP contribution in [0.3, 0.4) is 0 Å². The fourth-order valence-corrected chi connectivity index (χ4v) is 2.72. The van der Waals surface area contributed by atoms with E-state index in [4.69, 9.17) is 0 Å². The Hall–Kier alpha value is -1.51. The van der Waals surface area contributed by atoms with E-state index in [2.05, 4.69) is 24.4 Å². The molecule has 1 saturated carbocycles. The lowest BCUT2D eigenvalue weighted by Crippen LogP contribution is -2.55. The van der Waals surface area contributed by atoms with Gasteiger partial charge in [-0.25, -0.2) is 4.79 Å². The quantitative estimate of drug-likeness (QED) is 0.871. The molecule has 0 spiro atoms. The van der Waals surface area contributed by atoms with Gasteiger partial charge in [0.15, 0.2) is 0 Å². The second-order valence-corrected chi connectivity index (χ2v) is 5.61. The molecule has 3 nitrogen and oxygen atoms in total. The second kappa shape index (κ2) is 4.63. The summed E-state index contributed by atoms with van der Waals surface area (Å²) >= 11 is 0. The Morgan fingerprint density at radius 1 is 1.33 bits per heavy atom. The van der Waals surface area contributed by atoms with E-state index < -0.39 is 0 Å². The Morgan fingerprint density at radius 2 is 2.06 bits per heavy atom. The third-order valence-corrected chi connectivity index (χ3v) is 4.00. The van der Waals surface area contributed by atoms with Crippen LogP contribution in [0.1, 0.15) is 31.4 Å². The summed E-state index contributed by atoms with van der Waals surface area (Å²) in [6, 6.07) is 10.7. The van der Waals surface area contributed by atoms with Crippen LogP contribution in [0.4, 0.5) is 4.79 Å². The second-order valence-electron chi connectivity index (χ2n) is 5.61. The number of nitrogens with one attached hydrogen (secondary N) is 1. The van der Waals surface area contributed by atoms with Crippen LogP contribution in [0.25, 0.3) is 0 Å². The molecule has 0 radical (unpaired) electrons. The fourth-order valence-electron chi connectivity index (χ4n) is 2.72. The molecule has 0 bridgehead atoms. The third kappa shape index (κ3) is 2.22. The van der Waals surface area contributed by atoms with E-state index in [1.807, 2.05) is 23.1 Å². The van der Waals surface area contributed by atoms with Crippen LogP contribution in [-0.4, -0.2) is 24.0 Å². The Morgan fingerprint density at radius 3 is 2.67 bits per heavy atom. The maximum atomic E-state index is 12.1. The number of hydrogen-bond donors (Lipinski definition) is 1. The molecule has 18 heavy (non-hydrogen) atoms. The zero-order valence-corrected chi connectivity index (χ0v) is 10.8. The van der Waals surface area contributed by atoms with Gasteiger partial charge in [0.25, 0.3) is 0 Å². The molecule has 0 unspecified atom stereocenters. The van der Waals surface area contributed by atoms with Gasteiger partial charge in [0.05, 0.1) is 6.04 Å². The van der Waals surface area contributed by atoms with Gasteiger partial charge in [-0.15, -0.1) is 0 Å². The molecule has 1 N–H and O–H groups in total. The largest absolute Gasteiger partial charge is 0.338 e. The van der Waals surface area contributed by atoms with Gasteiger partial charge in [0.2, 0.25) is 0 Å². The fraction of sp³-hybridized carbons (Fsp3) is 0.533. The van der Waals surface area contributed by atoms with Gasteiger partial charge < -0.3 is 10.2 Å². The van der Waals surface area contributed by atoms with Crippen LogP contribution in [0.15, 0.2) is 30.3 Å². The molecule has 1 heterocycles. The van der Waals surface area contributed by atoms with E-state index >= 15 is 0 Å². The molecule has 1 aromatic rings. The lowest BCUT2D eigenvalue weighted by Gasteiger charge is -2.46. The smallest absolute Gasteiger partial charge is 0.317 e. The minimum atomic E-state index is 0.105. The first-order chi connectivity index (χ1) is 8.75. The average Bonchev–Trinajstić information content (AvgIpc) is 3.18. The summed E-state index contributed by atoms with van der Waals surface area (Å²) in [5.41, 5.74) is 1.25. The third-order valence-electron chi connectivity index (χ3n) is 4.00. The summed E-state index contributed by atoms with van der Waals surface area (Å²) in [5, 5.41) is 3.05. The number of carbonyl (C=O) groups excluding carboxylic acids is 1. The topological polar surface area (TPSA) is 32.3 Å². The Balaban J connectivity index is 1.63. The van der Waals surface area contributed by atoms with Crippen molar-refractivity contribution in [3.8, 4) is 0 Å². The summed E-state index contributed by atoms with van der Waals surface area (Å²) < 4.78 is 0. The Bertz CT molecular complexity index is 427. The molecular formula is C15H20N2O. The highest BCUT2D eigenvalue weighted by Gasteiger charge is 2.40. The van der Waals surface area contributed by atoms with E-state index in [-0.39, 0.29) is 12.1 Å². The van der Waals surface area contributed by atoms with Gasteiger partial charge >= 0.3 is 6.03 Å². The van der Waals surface area contributed by atoms with Gasteiger partial charge in [-0.2, -0.15) is 0 Å². The molecule has 2 amide bonds. The summed E-state index contributed by atoms with van der Waals surface area (Å²) in [5.74, 6) is 1.29. The van der Waals surface area contributed by atoms with E-state index in [1.54, 1.807) is 0 Å². The molecule has 96 valence electrons. The predicted octanol–water partition coefficient (Wildman–Crippen LogP) is 2.80. The lowest BCUT2D eigenvalue weighted by molar-refractivity contribution is 0.0592. The summed E-state index contributed by atoms with van der Waals surface area (Å²) in [4.78, 5) is 14.1. The molecule has 2 fully saturated rings. The predicted molar refractivity (Wildman–Crippen MR) is 71.2 cm³/mol. The van der Waals surface area contributed by atoms with Gasteiger partial charge in [0, 0.05) is 13.1 Å². The molecule has 2 aliphatic rings. The maximum Gasteiger partial charge on any atom is 0.317 e. The van der Waals surface area contributed by atoms with Gasteiger partial charge in [-0.3, -0.25) is 0 Å². The van der Waals surface area contributed by atoms with E-state index in [9.17, 15) is 4.79 Å². The molecule has 1 aliphatic carbocycles. The van der Waals surface area contributed by atoms with Crippen LogP contribution < -0.4 is 5.32 Å². The molecule has 2 atom stereocenters. The highest BCUT2D eigenvalue weighted by Crippen LogP contribution is 2.38. The van der Waals surface area contributed by atoms with Gasteiger partial charge in [-0.05, 0) is 30.2 Å². The SMILES string of the molecule is C[C@H]1CN(C(=O)NCC2CC2)[C@H]1c1ccccc1. The van der Waals surface area contributed by atoms with Crippen LogP contribution in [0.2, 0.25) is 0 Å². The van der Waals surface area contributed by atoms with Crippen LogP contribution >= 0.6 is 0 Å². The van der Waals surface area contributed by atoms with E-state index in [1.165, 1.54) is 18.4 Å². The average molecular weight is 244 g/mol. The van der Waals surface area contributed by atoms with Crippen molar-refractivity contribution in [3.63, 3.8) is 0 Å². The summed E-state index contributed by atoms with van der Waals surface area (Å²) in [6.45, 7) is 3.93. The number of likely N-dealkylation sites (tertiary alicyclic amines) is 1. The normalized spacial score (nSPS) is 26.6. The van der Waals surface area contributed by atoms with Gasteiger partial charge in [0.1, 0.15) is 0 Å². The van der Waals surface area contributed by atoms with Crippen molar-refractivity contribution in [2.75, 3.05) is 13.1 Å². The highest BCUT2D eigenvalue weighted by atomic mass is 16.2. The number of nitrogens with zero attached hydrogens (tertiary/aromatic N) is 1. The number of hydrogen-bond acceptors (Lipinski definition) is 1. The molecule has 1 aliphatic heterocycles. The first kappa shape index (κ1) is 11.6. The number of carbonyl (C=O) groups is 1. The zero-order chi connectivity index (χ0) is 12.5. The number of benzene rings is 1. The van der Waals surface area contributed by atoms with Crippen molar-refractivity contribution >= 4 is 6.03 Å². The minimum Gasteiger partial charge on any atom is -0.338 e. The van der Waals surface area contributed by atoms with E-state index in [0.29, 0.717) is 5.92 Å². The molecule has 0 aromatic heterocycles. The standard InChI is InChI=1S/C15H20N2O/c1-11-10-17(15(18)16-9-12-7-8-12)14(11)13-5-3-2-4-6-13/h2-6,11-12,14H,7-10H2,1H3,(H,16,18)/t11-,14+/m0/s1. The number of amides is 2. The van der Waals surface area contributed by atoms with Crippen LogP contribution in [-0.2, 0) is 0 Å². The van der Waals surface area contributed by atoms with Crippen molar-refractivity contribution in [2.45, 2.75) is 25.8 Å². The van der Waals surface area contributed by atoms with E-state index in [0.717, 1.165) is 19.0 Å². The molecule has 1 aromatic carbocycles. The van der Waals surface area contributed by atoms with Crippen molar-refractivity contribution < 1.29 is 4.79 Å². The van der Waals surface area contributed by atoms with Crippen molar-refractivity contribution in [2.24, 2.45) is 11.8 Å².